The van der Waals surface area contributed by atoms with E-state index in [1.807, 2.05) is 13.8 Å². The lowest BCUT2D eigenvalue weighted by atomic mass is 10.2. The molecule has 0 bridgehead atoms. The number of nitrogens with zero attached hydrogens (tertiary/aromatic N) is 1. The molecular weight excluding hydrogens is 182 g/mol. The maximum Gasteiger partial charge on any atom is 0.303 e. The third kappa shape index (κ3) is 3.20. The van der Waals surface area contributed by atoms with Gasteiger partial charge in [0.25, 0.3) is 0 Å². The number of aromatic nitrogens is 1. The van der Waals surface area contributed by atoms with Crippen LogP contribution in [0.4, 0.5) is 0 Å². The SMILES string of the molecule is CC(C)c1cnc(CCCC(=O)O)o1. The highest BCUT2D eigenvalue weighted by atomic mass is 16.4. The van der Waals surface area contributed by atoms with E-state index in [0.29, 0.717) is 24.7 Å². The molecule has 0 saturated carbocycles. The number of rotatable bonds is 5. The van der Waals surface area contributed by atoms with Crippen molar-refractivity contribution < 1.29 is 14.3 Å². The molecule has 0 aliphatic heterocycles. The molecular formula is C10H15NO3. The number of oxazole rings is 1. The number of hydrogen-bond donors (Lipinski definition) is 1. The van der Waals surface area contributed by atoms with E-state index < -0.39 is 5.97 Å². The molecule has 1 heterocycles. The Balaban J connectivity index is 2.40. The molecule has 1 aromatic heterocycles. The van der Waals surface area contributed by atoms with Crippen LogP contribution < -0.4 is 0 Å². The normalized spacial score (nSPS) is 10.8. The second-order valence-corrected chi connectivity index (χ2v) is 3.56. The van der Waals surface area contributed by atoms with Crippen molar-refractivity contribution in [1.29, 1.82) is 0 Å². The molecule has 0 spiro atoms. The molecule has 0 unspecified atom stereocenters. The van der Waals surface area contributed by atoms with E-state index in [2.05, 4.69) is 4.98 Å². The average Bonchev–Trinajstić information content (AvgIpc) is 2.52. The molecule has 4 nitrogen and oxygen atoms in total. The van der Waals surface area contributed by atoms with Gasteiger partial charge in [-0.3, -0.25) is 4.79 Å². The Bertz CT molecular complexity index is 304. The summed E-state index contributed by atoms with van der Waals surface area (Å²) in [5.41, 5.74) is 0. The lowest BCUT2D eigenvalue weighted by molar-refractivity contribution is -0.137. The fraction of sp³-hybridized carbons (Fsp3) is 0.600. The minimum atomic E-state index is -0.777. The smallest absolute Gasteiger partial charge is 0.303 e. The van der Waals surface area contributed by atoms with Gasteiger partial charge in [-0.15, -0.1) is 0 Å². The first kappa shape index (κ1) is 10.8. The first-order valence-electron chi connectivity index (χ1n) is 4.76. The van der Waals surface area contributed by atoms with Gasteiger partial charge in [0.15, 0.2) is 5.89 Å². The van der Waals surface area contributed by atoms with Crippen LogP contribution in [0.25, 0.3) is 0 Å². The zero-order valence-electron chi connectivity index (χ0n) is 8.49. The maximum absolute atomic E-state index is 10.3. The Morgan fingerprint density at radius 3 is 2.86 bits per heavy atom. The number of hydrogen-bond acceptors (Lipinski definition) is 3. The first-order valence-corrected chi connectivity index (χ1v) is 4.76. The molecule has 0 saturated heterocycles. The third-order valence-corrected chi connectivity index (χ3v) is 1.92. The molecule has 0 radical (unpaired) electrons. The van der Waals surface area contributed by atoms with Crippen LogP contribution in [-0.4, -0.2) is 16.1 Å². The average molecular weight is 197 g/mol. The van der Waals surface area contributed by atoms with Gasteiger partial charge in [-0.1, -0.05) is 13.8 Å². The number of aliphatic carboxylic acids is 1. The largest absolute Gasteiger partial charge is 0.481 e. The summed E-state index contributed by atoms with van der Waals surface area (Å²) in [4.78, 5) is 14.3. The van der Waals surface area contributed by atoms with Crippen LogP contribution in [0.2, 0.25) is 0 Å². The Hall–Kier alpha value is -1.32. The van der Waals surface area contributed by atoms with Crippen LogP contribution in [0.15, 0.2) is 10.6 Å². The van der Waals surface area contributed by atoms with E-state index in [-0.39, 0.29) is 6.42 Å². The summed E-state index contributed by atoms with van der Waals surface area (Å²) in [7, 11) is 0. The summed E-state index contributed by atoms with van der Waals surface area (Å²) in [6.45, 7) is 4.06. The highest BCUT2D eigenvalue weighted by Crippen LogP contribution is 2.15. The molecule has 0 aliphatic carbocycles. The lowest BCUT2D eigenvalue weighted by Gasteiger charge is -1.97. The first-order chi connectivity index (χ1) is 6.59. The summed E-state index contributed by atoms with van der Waals surface area (Å²) >= 11 is 0. The van der Waals surface area contributed by atoms with Gasteiger partial charge in [0, 0.05) is 18.8 Å². The summed E-state index contributed by atoms with van der Waals surface area (Å²) in [5.74, 6) is 1.04. The van der Waals surface area contributed by atoms with E-state index in [4.69, 9.17) is 9.52 Å². The van der Waals surface area contributed by atoms with Crippen LogP contribution in [0, 0.1) is 0 Å². The predicted octanol–water partition coefficient (Wildman–Crippen LogP) is 2.21. The molecule has 0 atom stereocenters. The van der Waals surface area contributed by atoms with Gasteiger partial charge < -0.3 is 9.52 Å². The van der Waals surface area contributed by atoms with Gasteiger partial charge in [-0.05, 0) is 6.42 Å². The number of carboxylic acid groups (broad SMARTS) is 1. The van der Waals surface area contributed by atoms with E-state index in [0.717, 1.165) is 5.76 Å². The van der Waals surface area contributed by atoms with Crippen LogP contribution in [-0.2, 0) is 11.2 Å². The van der Waals surface area contributed by atoms with Crippen LogP contribution in [0.5, 0.6) is 0 Å². The molecule has 0 amide bonds. The fourth-order valence-electron chi connectivity index (χ4n) is 1.10. The topological polar surface area (TPSA) is 63.3 Å². The van der Waals surface area contributed by atoms with Crippen molar-refractivity contribution in [2.75, 3.05) is 0 Å². The molecule has 0 aliphatic rings. The zero-order valence-corrected chi connectivity index (χ0v) is 8.49. The molecule has 0 aromatic carbocycles. The minimum Gasteiger partial charge on any atom is -0.481 e. The Morgan fingerprint density at radius 2 is 2.36 bits per heavy atom. The highest BCUT2D eigenvalue weighted by Gasteiger charge is 2.07. The Kier molecular flexibility index (Phi) is 3.68. The van der Waals surface area contributed by atoms with E-state index in [1.165, 1.54) is 0 Å². The Morgan fingerprint density at radius 1 is 1.64 bits per heavy atom. The number of carboxylic acids is 1. The second-order valence-electron chi connectivity index (χ2n) is 3.56. The summed E-state index contributed by atoms with van der Waals surface area (Å²) in [6, 6.07) is 0. The quantitative estimate of drug-likeness (QED) is 0.786. The van der Waals surface area contributed by atoms with Crippen molar-refractivity contribution in [2.45, 2.75) is 39.0 Å². The third-order valence-electron chi connectivity index (χ3n) is 1.92. The molecule has 1 N–H and O–H groups in total. The standard InChI is InChI=1S/C10H15NO3/c1-7(2)8-6-11-9(14-8)4-3-5-10(12)13/h6-7H,3-5H2,1-2H3,(H,12,13). The second kappa shape index (κ2) is 4.79. The molecule has 14 heavy (non-hydrogen) atoms. The van der Waals surface area contributed by atoms with Gasteiger partial charge in [-0.2, -0.15) is 0 Å². The van der Waals surface area contributed by atoms with Gasteiger partial charge in [0.2, 0.25) is 0 Å². The van der Waals surface area contributed by atoms with Gasteiger partial charge in [0.1, 0.15) is 5.76 Å². The predicted molar refractivity (Wildman–Crippen MR) is 51.2 cm³/mol. The highest BCUT2D eigenvalue weighted by molar-refractivity contribution is 5.66. The van der Waals surface area contributed by atoms with Gasteiger partial charge in [0.05, 0.1) is 6.20 Å². The van der Waals surface area contributed by atoms with Crippen LogP contribution >= 0.6 is 0 Å². The number of aryl methyl sites for hydroxylation is 1. The van der Waals surface area contributed by atoms with Crippen molar-refractivity contribution in [2.24, 2.45) is 0 Å². The van der Waals surface area contributed by atoms with Crippen molar-refractivity contribution in [3.8, 4) is 0 Å². The summed E-state index contributed by atoms with van der Waals surface area (Å²) in [6.07, 6.45) is 3.05. The van der Waals surface area contributed by atoms with E-state index in [1.54, 1.807) is 6.20 Å². The molecule has 0 fully saturated rings. The van der Waals surface area contributed by atoms with E-state index in [9.17, 15) is 4.79 Å². The van der Waals surface area contributed by atoms with Gasteiger partial charge >= 0.3 is 5.97 Å². The van der Waals surface area contributed by atoms with Crippen LogP contribution in [0.3, 0.4) is 0 Å². The summed E-state index contributed by atoms with van der Waals surface area (Å²) < 4.78 is 5.42. The lowest BCUT2D eigenvalue weighted by Crippen LogP contribution is -1.95. The van der Waals surface area contributed by atoms with Crippen molar-refractivity contribution >= 4 is 5.97 Å². The van der Waals surface area contributed by atoms with Crippen molar-refractivity contribution in [3.63, 3.8) is 0 Å². The monoisotopic (exact) mass is 197 g/mol. The Labute approximate surface area is 83.0 Å². The van der Waals surface area contributed by atoms with Crippen LogP contribution in [0.1, 0.15) is 44.3 Å². The minimum absolute atomic E-state index is 0.166. The summed E-state index contributed by atoms with van der Waals surface area (Å²) in [5, 5.41) is 8.43. The molecule has 78 valence electrons. The van der Waals surface area contributed by atoms with Crippen molar-refractivity contribution in [3.05, 3.63) is 17.8 Å². The van der Waals surface area contributed by atoms with Crippen molar-refractivity contribution in [1.82, 2.24) is 4.98 Å². The molecule has 4 heteroatoms. The zero-order chi connectivity index (χ0) is 10.6. The molecule has 1 aromatic rings. The number of carbonyl (C=O) groups is 1. The fourth-order valence-corrected chi connectivity index (χ4v) is 1.10. The van der Waals surface area contributed by atoms with E-state index >= 15 is 0 Å². The van der Waals surface area contributed by atoms with Gasteiger partial charge in [-0.25, -0.2) is 4.98 Å². The molecule has 1 rings (SSSR count). The maximum atomic E-state index is 10.3.